The molecule has 2 unspecified atom stereocenters. The number of hydrogen-bond acceptors (Lipinski definition) is 2. The minimum atomic E-state index is -0.340. The zero-order valence-corrected chi connectivity index (χ0v) is 12.2. The van der Waals surface area contributed by atoms with Gasteiger partial charge in [0.05, 0.1) is 4.47 Å². The van der Waals surface area contributed by atoms with Crippen molar-refractivity contribution < 1.29 is 9.18 Å². The van der Waals surface area contributed by atoms with E-state index in [0.717, 1.165) is 25.7 Å². The molecule has 0 radical (unpaired) electrons. The number of amides is 1. The van der Waals surface area contributed by atoms with Gasteiger partial charge in [0.25, 0.3) is 0 Å². The van der Waals surface area contributed by atoms with E-state index < -0.39 is 0 Å². The first-order valence-electron chi connectivity index (χ1n) is 6.57. The van der Waals surface area contributed by atoms with E-state index in [-0.39, 0.29) is 23.7 Å². The molecule has 1 fully saturated rings. The van der Waals surface area contributed by atoms with E-state index in [1.165, 1.54) is 6.07 Å². The molecule has 3 nitrogen and oxygen atoms in total. The molecule has 0 bridgehead atoms. The number of halogens is 2. The van der Waals surface area contributed by atoms with Crippen molar-refractivity contribution >= 4 is 27.5 Å². The first kappa shape index (κ1) is 14.5. The van der Waals surface area contributed by atoms with Gasteiger partial charge in [-0.2, -0.15) is 0 Å². The molecule has 1 aliphatic carbocycles. The molecule has 3 N–H and O–H groups in total. The maximum atomic E-state index is 13.1. The standard InChI is InChI=1S/C14H18BrFN2O/c15-11-8-10(5-6-12(11)16)18-14(19)7-9-3-1-2-4-13(9)17/h5-6,8-9,13H,1-4,7,17H2,(H,18,19). The third kappa shape index (κ3) is 4.01. The van der Waals surface area contributed by atoms with Crippen LogP contribution in [0.2, 0.25) is 0 Å². The lowest BCUT2D eigenvalue weighted by Gasteiger charge is -2.27. The van der Waals surface area contributed by atoms with Crippen LogP contribution in [-0.4, -0.2) is 11.9 Å². The van der Waals surface area contributed by atoms with Gasteiger partial charge in [-0.05, 0) is 52.9 Å². The molecule has 0 aliphatic heterocycles. The number of carbonyl (C=O) groups excluding carboxylic acids is 1. The summed E-state index contributed by atoms with van der Waals surface area (Å²) in [6.45, 7) is 0. The molecule has 5 heteroatoms. The maximum Gasteiger partial charge on any atom is 0.224 e. The Bertz CT molecular complexity index is 467. The second-order valence-electron chi connectivity index (χ2n) is 5.09. The van der Waals surface area contributed by atoms with Crippen molar-refractivity contribution in [2.45, 2.75) is 38.1 Å². The summed E-state index contributed by atoms with van der Waals surface area (Å²) in [7, 11) is 0. The third-order valence-corrected chi connectivity index (χ3v) is 4.23. The Morgan fingerprint density at radius 2 is 2.16 bits per heavy atom. The van der Waals surface area contributed by atoms with Crippen molar-refractivity contribution in [2.24, 2.45) is 11.7 Å². The third-order valence-electron chi connectivity index (χ3n) is 3.62. The summed E-state index contributed by atoms with van der Waals surface area (Å²) in [6, 6.07) is 4.57. The number of hydrogen-bond donors (Lipinski definition) is 2. The highest BCUT2D eigenvalue weighted by Crippen LogP contribution is 2.26. The Morgan fingerprint density at radius 1 is 1.42 bits per heavy atom. The van der Waals surface area contributed by atoms with Crippen molar-refractivity contribution in [3.63, 3.8) is 0 Å². The molecule has 2 rings (SSSR count). The Hall–Kier alpha value is -0.940. The number of nitrogens with one attached hydrogen (secondary N) is 1. The molecule has 0 saturated heterocycles. The fourth-order valence-corrected chi connectivity index (χ4v) is 2.89. The Morgan fingerprint density at radius 3 is 2.84 bits per heavy atom. The highest BCUT2D eigenvalue weighted by Gasteiger charge is 2.24. The van der Waals surface area contributed by atoms with E-state index in [1.54, 1.807) is 12.1 Å². The van der Waals surface area contributed by atoms with Crippen LogP contribution in [0.3, 0.4) is 0 Å². The minimum Gasteiger partial charge on any atom is -0.327 e. The van der Waals surface area contributed by atoms with Crippen LogP contribution in [0.15, 0.2) is 22.7 Å². The van der Waals surface area contributed by atoms with E-state index in [0.29, 0.717) is 16.6 Å². The average molecular weight is 329 g/mol. The molecule has 104 valence electrons. The van der Waals surface area contributed by atoms with Gasteiger partial charge >= 0.3 is 0 Å². The number of benzene rings is 1. The topological polar surface area (TPSA) is 55.1 Å². The molecule has 2 atom stereocenters. The van der Waals surface area contributed by atoms with E-state index >= 15 is 0 Å². The van der Waals surface area contributed by atoms with Crippen LogP contribution in [-0.2, 0) is 4.79 Å². The van der Waals surface area contributed by atoms with Gasteiger partial charge in [-0.1, -0.05) is 12.8 Å². The van der Waals surface area contributed by atoms with Crippen molar-refractivity contribution in [1.29, 1.82) is 0 Å². The van der Waals surface area contributed by atoms with Crippen molar-refractivity contribution in [3.05, 3.63) is 28.5 Å². The lowest BCUT2D eigenvalue weighted by molar-refractivity contribution is -0.117. The van der Waals surface area contributed by atoms with E-state index in [4.69, 9.17) is 5.73 Å². The van der Waals surface area contributed by atoms with Crippen LogP contribution in [0, 0.1) is 11.7 Å². The smallest absolute Gasteiger partial charge is 0.224 e. The van der Waals surface area contributed by atoms with Crippen molar-refractivity contribution in [1.82, 2.24) is 0 Å². The minimum absolute atomic E-state index is 0.0548. The monoisotopic (exact) mass is 328 g/mol. The van der Waals surface area contributed by atoms with Crippen LogP contribution < -0.4 is 11.1 Å². The van der Waals surface area contributed by atoms with Gasteiger partial charge in [0.2, 0.25) is 5.91 Å². The average Bonchev–Trinajstić information content (AvgIpc) is 2.37. The second-order valence-corrected chi connectivity index (χ2v) is 5.94. The molecule has 1 aliphatic rings. The van der Waals surface area contributed by atoms with E-state index in [2.05, 4.69) is 21.2 Å². The van der Waals surface area contributed by atoms with E-state index in [1.807, 2.05) is 0 Å². The quantitative estimate of drug-likeness (QED) is 0.893. The molecule has 0 heterocycles. The summed E-state index contributed by atoms with van der Waals surface area (Å²) >= 11 is 3.10. The highest BCUT2D eigenvalue weighted by atomic mass is 79.9. The summed E-state index contributed by atoms with van der Waals surface area (Å²) in [5, 5.41) is 2.79. The van der Waals surface area contributed by atoms with Crippen LogP contribution >= 0.6 is 15.9 Å². The largest absolute Gasteiger partial charge is 0.327 e. The van der Waals surface area contributed by atoms with Crippen LogP contribution in [0.4, 0.5) is 10.1 Å². The van der Waals surface area contributed by atoms with Gasteiger partial charge in [-0.15, -0.1) is 0 Å². The molecule has 1 aromatic rings. The molecule has 0 spiro atoms. The normalized spacial score (nSPS) is 23.1. The van der Waals surface area contributed by atoms with Crippen LogP contribution in [0.1, 0.15) is 32.1 Å². The fourth-order valence-electron chi connectivity index (χ4n) is 2.51. The summed E-state index contributed by atoms with van der Waals surface area (Å²) in [4.78, 5) is 11.9. The summed E-state index contributed by atoms with van der Waals surface area (Å²) < 4.78 is 13.4. The number of anilines is 1. The SMILES string of the molecule is NC1CCCCC1CC(=O)Nc1ccc(F)c(Br)c1. The lowest BCUT2D eigenvalue weighted by atomic mass is 9.83. The van der Waals surface area contributed by atoms with Gasteiger partial charge < -0.3 is 11.1 Å². The Labute approximate surface area is 120 Å². The molecular weight excluding hydrogens is 311 g/mol. The van der Waals surface area contributed by atoms with Crippen molar-refractivity contribution in [3.8, 4) is 0 Å². The van der Waals surface area contributed by atoms with Crippen LogP contribution in [0.5, 0.6) is 0 Å². The predicted molar refractivity (Wildman–Crippen MR) is 77.3 cm³/mol. The molecule has 1 aromatic carbocycles. The second kappa shape index (κ2) is 6.48. The summed E-state index contributed by atoms with van der Waals surface area (Å²) in [6.07, 6.45) is 4.76. The Balaban J connectivity index is 1.91. The molecule has 0 aromatic heterocycles. The lowest BCUT2D eigenvalue weighted by Crippen LogP contribution is -2.35. The maximum absolute atomic E-state index is 13.1. The number of carbonyl (C=O) groups is 1. The molecular formula is C14H18BrFN2O. The zero-order valence-electron chi connectivity index (χ0n) is 10.7. The van der Waals surface area contributed by atoms with Crippen molar-refractivity contribution in [2.75, 3.05) is 5.32 Å². The molecule has 19 heavy (non-hydrogen) atoms. The van der Waals surface area contributed by atoms with Gasteiger partial charge in [-0.25, -0.2) is 4.39 Å². The first-order chi connectivity index (χ1) is 9.06. The molecule has 1 amide bonds. The summed E-state index contributed by atoms with van der Waals surface area (Å²) in [5.74, 6) is -0.134. The highest BCUT2D eigenvalue weighted by molar-refractivity contribution is 9.10. The fraction of sp³-hybridized carbons (Fsp3) is 0.500. The van der Waals surface area contributed by atoms with Crippen LogP contribution in [0.25, 0.3) is 0 Å². The predicted octanol–water partition coefficient (Wildman–Crippen LogP) is 3.43. The van der Waals surface area contributed by atoms with E-state index in [9.17, 15) is 9.18 Å². The Kier molecular flexibility index (Phi) is 4.93. The zero-order chi connectivity index (χ0) is 13.8. The number of nitrogens with two attached hydrogens (primary N) is 1. The summed E-state index contributed by atoms with van der Waals surface area (Å²) in [5.41, 5.74) is 6.63. The van der Waals surface area contributed by atoms with Gasteiger partial charge in [-0.3, -0.25) is 4.79 Å². The number of rotatable bonds is 3. The van der Waals surface area contributed by atoms with Gasteiger partial charge in [0.1, 0.15) is 5.82 Å². The van der Waals surface area contributed by atoms with Gasteiger partial charge in [0, 0.05) is 18.2 Å². The van der Waals surface area contributed by atoms with Gasteiger partial charge in [0.15, 0.2) is 0 Å². The first-order valence-corrected chi connectivity index (χ1v) is 7.36. The molecule has 1 saturated carbocycles.